The van der Waals surface area contributed by atoms with Crippen molar-refractivity contribution in [2.24, 2.45) is 0 Å². The van der Waals surface area contributed by atoms with Gasteiger partial charge in [-0.15, -0.1) is 23.1 Å². The van der Waals surface area contributed by atoms with E-state index in [9.17, 15) is 10.1 Å². The van der Waals surface area contributed by atoms with Crippen molar-refractivity contribution in [1.29, 1.82) is 0 Å². The maximum Gasteiger partial charge on any atom is 0.292 e. The molecule has 106 valence electrons. The SMILES string of the molecule is CCCNc1cc(CSc2cccs2)ccc1[N+](=O)[O-]. The van der Waals surface area contributed by atoms with Gasteiger partial charge in [-0.25, -0.2) is 0 Å². The molecular formula is C14H16N2O2S2. The Morgan fingerprint density at radius 1 is 1.40 bits per heavy atom. The highest BCUT2D eigenvalue weighted by Crippen LogP contribution is 2.31. The molecule has 20 heavy (non-hydrogen) atoms. The van der Waals surface area contributed by atoms with E-state index in [4.69, 9.17) is 0 Å². The molecule has 0 radical (unpaired) electrons. The zero-order chi connectivity index (χ0) is 14.4. The van der Waals surface area contributed by atoms with Crippen molar-refractivity contribution < 1.29 is 4.92 Å². The second-order valence-electron chi connectivity index (χ2n) is 4.26. The fraction of sp³-hybridized carbons (Fsp3) is 0.286. The van der Waals surface area contributed by atoms with Crippen LogP contribution in [-0.2, 0) is 5.75 Å². The summed E-state index contributed by atoms with van der Waals surface area (Å²) >= 11 is 3.46. The molecule has 0 amide bonds. The molecule has 1 aromatic carbocycles. The molecule has 0 spiro atoms. The summed E-state index contributed by atoms with van der Waals surface area (Å²) in [7, 11) is 0. The van der Waals surface area contributed by atoms with Crippen molar-refractivity contribution in [2.75, 3.05) is 11.9 Å². The summed E-state index contributed by atoms with van der Waals surface area (Å²) in [6.45, 7) is 2.78. The molecule has 0 unspecified atom stereocenters. The lowest BCUT2D eigenvalue weighted by molar-refractivity contribution is -0.384. The van der Waals surface area contributed by atoms with E-state index in [0.717, 1.165) is 24.3 Å². The Morgan fingerprint density at radius 2 is 2.25 bits per heavy atom. The molecule has 6 heteroatoms. The summed E-state index contributed by atoms with van der Waals surface area (Å²) in [4.78, 5) is 10.7. The van der Waals surface area contributed by atoms with E-state index in [1.165, 1.54) is 4.21 Å². The van der Waals surface area contributed by atoms with Gasteiger partial charge in [0.2, 0.25) is 0 Å². The van der Waals surface area contributed by atoms with Gasteiger partial charge in [0.05, 0.1) is 9.13 Å². The Kier molecular flexibility index (Phi) is 5.43. The Balaban J connectivity index is 2.11. The average Bonchev–Trinajstić information content (AvgIpc) is 2.96. The predicted octanol–water partition coefficient (Wildman–Crippen LogP) is 4.77. The first-order valence-electron chi connectivity index (χ1n) is 6.38. The maximum atomic E-state index is 11.0. The van der Waals surface area contributed by atoms with Crippen molar-refractivity contribution in [3.05, 3.63) is 51.4 Å². The maximum absolute atomic E-state index is 11.0. The lowest BCUT2D eigenvalue weighted by Gasteiger charge is -2.08. The number of anilines is 1. The number of rotatable bonds is 7. The van der Waals surface area contributed by atoms with Crippen molar-refractivity contribution in [3.63, 3.8) is 0 Å². The predicted molar refractivity (Wildman–Crippen MR) is 85.8 cm³/mol. The number of hydrogen-bond donors (Lipinski definition) is 1. The summed E-state index contributed by atoms with van der Waals surface area (Å²) < 4.78 is 1.26. The van der Waals surface area contributed by atoms with Crippen LogP contribution in [0, 0.1) is 10.1 Å². The second kappa shape index (κ2) is 7.31. The first kappa shape index (κ1) is 14.9. The topological polar surface area (TPSA) is 55.2 Å². The van der Waals surface area contributed by atoms with E-state index in [1.807, 2.05) is 30.5 Å². The van der Waals surface area contributed by atoms with Crippen LogP contribution in [0.2, 0.25) is 0 Å². The van der Waals surface area contributed by atoms with Crippen LogP contribution in [0.25, 0.3) is 0 Å². The summed E-state index contributed by atoms with van der Waals surface area (Å²) in [5.41, 5.74) is 1.84. The molecule has 0 aliphatic carbocycles. The molecule has 0 saturated heterocycles. The standard InChI is InChI=1S/C14H16N2O2S2/c1-2-7-15-12-9-11(5-6-13(12)16(17)18)10-20-14-4-3-8-19-14/h3-6,8-9,15H,2,7,10H2,1H3. The molecule has 4 nitrogen and oxygen atoms in total. The quantitative estimate of drug-likeness (QED) is 0.455. The van der Waals surface area contributed by atoms with Crippen LogP contribution in [0.3, 0.4) is 0 Å². The number of thiophene rings is 1. The molecule has 1 heterocycles. The average molecular weight is 308 g/mol. The zero-order valence-corrected chi connectivity index (χ0v) is 12.8. The monoisotopic (exact) mass is 308 g/mol. The number of benzene rings is 1. The van der Waals surface area contributed by atoms with Gasteiger partial charge >= 0.3 is 0 Å². The number of nitrogens with zero attached hydrogens (tertiary/aromatic N) is 1. The Labute approximate surface area is 126 Å². The molecule has 1 aromatic heterocycles. The van der Waals surface area contributed by atoms with Crippen LogP contribution in [0.15, 0.2) is 39.9 Å². The van der Waals surface area contributed by atoms with E-state index in [0.29, 0.717) is 5.69 Å². The molecule has 2 rings (SSSR count). The van der Waals surface area contributed by atoms with Crippen LogP contribution < -0.4 is 5.32 Å². The van der Waals surface area contributed by atoms with Gasteiger partial charge in [-0.05, 0) is 29.5 Å². The minimum Gasteiger partial charge on any atom is -0.379 e. The summed E-state index contributed by atoms with van der Waals surface area (Å²) in [6.07, 6.45) is 0.936. The summed E-state index contributed by atoms with van der Waals surface area (Å²) in [5, 5.41) is 16.2. The minimum atomic E-state index is -0.339. The van der Waals surface area contributed by atoms with Crippen molar-refractivity contribution >= 4 is 34.5 Å². The summed E-state index contributed by atoms with van der Waals surface area (Å²) in [5.74, 6) is 0.819. The Hall–Kier alpha value is -1.53. The smallest absolute Gasteiger partial charge is 0.292 e. The van der Waals surface area contributed by atoms with E-state index < -0.39 is 0 Å². The molecule has 0 atom stereocenters. The van der Waals surface area contributed by atoms with Crippen LogP contribution in [0.5, 0.6) is 0 Å². The first-order chi connectivity index (χ1) is 9.70. The fourth-order valence-electron chi connectivity index (χ4n) is 1.73. The van der Waals surface area contributed by atoms with E-state index in [1.54, 1.807) is 29.2 Å². The van der Waals surface area contributed by atoms with Crippen LogP contribution >= 0.6 is 23.1 Å². The van der Waals surface area contributed by atoms with E-state index in [-0.39, 0.29) is 10.6 Å². The number of hydrogen-bond acceptors (Lipinski definition) is 5. The van der Waals surface area contributed by atoms with Gasteiger partial charge in [0.25, 0.3) is 5.69 Å². The summed E-state index contributed by atoms with van der Waals surface area (Å²) in [6, 6.07) is 9.40. The van der Waals surface area contributed by atoms with Crippen molar-refractivity contribution in [1.82, 2.24) is 0 Å². The molecule has 2 aromatic rings. The molecular weight excluding hydrogens is 292 g/mol. The van der Waals surface area contributed by atoms with Gasteiger partial charge in [0.1, 0.15) is 5.69 Å². The molecule has 0 fully saturated rings. The lowest BCUT2D eigenvalue weighted by Crippen LogP contribution is -2.03. The highest BCUT2D eigenvalue weighted by Gasteiger charge is 2.13. The molecule has 0 aliphatic heterocycles. The van der Waals surface area contributed by atoms with E-state index in [2.05, 4.69) is 11.4 Å². The van der Waals surface area contributed by atoms with E-state index >= 15 is 0 Å². The van der Waals surface area contributed by atoms with Crippen LogP contribution in [0.1, 0.15) is 18.9 Å². The first-order valence-corrected chi connectivity index (χ1v) is 8.24. The van der Waals surface area contributed by atoms with Gasteiger partial charge in [0, 0.05) is 18.4 Å². The van der Waals surface area contributed by atoms with Crippen molar-refractivity contribution in [3.8, 4) is 0 Å². The zero-order valence-electron chi connectivity index (χ0n) is 11.2. The largest absolute Gasteiger partial charge is 0.379 e. The third-order valence-electron chi connectivity index (χ3n) is 2.70. The highest BCUT2D eigenvalue weighted by atomic mass is 32.2. The fourth-order valence-corrected chi connectivity index (χ4v) is 3.46. The van der Waals surface area contributed by atoms with Crippen molar-refractivity contribution in [2.45, 2.75) is 23.3 Å². The molecule has 0 bridgehead atoms. The number of nitro benzene ring substituents is 1. The molecule has 0 saturated carbocycles. The number of nitrogens with one attached hydrogen (secondary N) is 1. The van der Waals surface area contributed by atoms with Crippen LogP contribution in [-0.4, -0.2) is 11.5 Å². The number of thioether (sulfide) groups is 1. The van der Waals surface area contributed by atoms with Gasteiger partial charge < -0.3 is 5.32 Å². The third kappa shape index (κ3) is 3.98. The third-order valence-corrected chi connectivity index (χ3v) is 4.90. The normalized spacial score (nSPS) is 10.4. The lowest BCUT2D eigenvalue weighted by atomic mass is 10.2. The van der Waals surface area contributed by atoms with Gasteiger partial charge in [-0.2, -0.15) is 0 Å². The molecule has 1 N–H and O–H groups in total. The van der Waals surface area contributed by atoms with Gasteiger partial charge in [-0.1, -0.05) is 19.1 Å². The highest BCUT2D eigenvalue weighted by molar-refractivity contribution is 8.00. The molecule has 0 aliphatic rings. The second-order valence-corrected chi connectivity index (χ2v) is 6.48. The Morgan fingerprint density at radius 3 is 2.90 bits per heavy atom. The number of nitro groups is 1. The van der Waals surface area contributed by atoms with Gasteiger partial charge in [-0.3, -0.25) is 10.1 Å². The van der Waals surface area contributed by atoms with Gasteiger partial charge in [0.15, 0.2) is 0 Å². The Bertz CT molecular complexity index is 571. The minimum absolute atomic E-state index is 0.142. The van der Waals surface area contributed by atoms with Crippen LogP contribution in [0.4, 0.5) is 11.4 Å².